The molecule has 2 unspecified atom stereocenters. The van der Waals surface area contributed by atoms with Crippen molar-refractivity contribution in [1.82, 2.24) is 9.97 Å². The molecule has 3 aliphatic carbocycles. The van der Waals surface area contributed by atoms with Crippen LogP contribution in [0.1, 0.15) is 74.9 Å². The first kappa shape index (κ1) is 28.6. The smallest absolute Gasteiger partial charge is 0.136 e. The van der Waals surface area contributed by atoms with Crippen LogP contribution in [-0.2, 0) is 0 Å². The molecule has 4 aromatic carbocycles. The average molecular weight is 597 g/mol. The first-order valence-electron chi connectivity index (χ1n) is 16.9. The highest BCUT2D eigenvalue weighted by atomic mass is 14.9. The molecule has 46 heavy (non-hydrogen) atoms. The lowest BCUT2D eigenvalue weighted by molar-refractivity contribution is 0.618. The van der Waals surface area contributed by atoms with Gasteiger partial charge in [0.25, 0.3) is 0 Å². The highest BCUT2D eigenvalue weighted by Gasteiger charge is 2.27. The molecule has 0 saturated heterocycles. The molecule has 2 heteroatoms. The second-order valence-corrected chi connectivity index (χ2v) is 13.4. The van der Waals surface area contributed by atoms with Crippen LogP contribution in [0.15, 0.2) is 144 Å². The Morgan fingerprint density at radius 3 is 2.33 bits per heavy atom. The van der Waals surface area contributed by atoms with E-state index < -0.39 is 0 Å². The number of hydrogen-bond acceptors (Lipinski definition) is 2. The van der Waals surface area contributed by atoms with Crippen molar-refractivity contribution in [3.63, 3.8) is 0 Å². The first-order chi connectivity index (χ1) is 22.6. The third-order valence-electron chi connectivity index (χ3n) is 10.1. The highest BCUT2D eigenvalue weighted by molar-refractivity contribution is 6.12. The quantitative estimate of drug-likeness (QED) is 0.149. The van der Waals surface area contributed by atoms with Gasteiger partial charge in [-0.05, 0) is 101 Å². The maximum absolute atomic E-state index is 5.39. The summed E-state index contributed by atoms with van der Waals surface area (Å²) in [6, 6.07) is 33.0. The summed E-state index contributed by atoms with van der Waals surface area (Å²) in [5.41, 5.74) is 10.2. The predicted octanol–water partition coefficient (Wildman–Crippen LogP) is 11.7. The van der Waals surface area contributed by atoms with Crippen LogP contribution in [0.25, 0.3) is 38.4 Å². The lowest BCUT2D eigenvalue weighted by Gasteiger charge is -2.28. The van der Waals surface area contributed by atoms with E-state index in [1.54, 1.807) is 0 Å². The number of benzene rings is 4. The summed E-state index contributed by atoms with van der Waals surface area (Å²) < 4.78 is 0. The molecular formula is C44H40N2. The molecule has 1 heterocycles. The van der Waals surface area contributed by atoms with Crippen LogP contribution in [0.4, 0.5) is 0 Å². The molecule has 0 spiro atoms. The van der Waals surface area contributed by atoms with Crippen molar-refractivity contribution >= 4 is 27.1 Å². The zero-order valence-electron chi connectivity index (χ0n) is 26.8. The number of nitrogens with zero attached hydrogens (tertiary/aromatic N) is 2. The second-order valence-electron chi connectivity index (χ2n) is 13.4. The van der Waals surface area contributed by atoms with Gasteiger partial charge in [-0.2, -0.15) is 0 Å². The summed E-state index contributed by atoms with van der Waals surface area (Å²) in [6.45, 7) is 4.62. The van der Waals surface area contributed by atoms with Gasteiger partial charge in [-0.1, -0.05) is 128 Å². The van der Waals surface area contributed by atoms with Crippen molar-refractivity contribution in [2.24, 2.45) is 5.92 Å². The molecular weight excluding hydrogens is 556 g/mol. The molecule has 5 aromatic rings. The molecule has 0 bridgehead atoms. The van der Waals surface area contributed by atoms with E-state index in [0.29, 0.717) is 5.92 Å². The molecule has 3 atom stereocenters. The molecule has 8 rings (SSSR count). The summed E-state index contributed by atoms with van der Waals surface area (Å²) in [6.07, 6.45) is 19.7. The van der Waals surface area contributed by atoms with Crippen molar-refractivity contribution in [1.29, 1.82) is 0 Å². The number of allylic oxidation sites excluding steroid dienone is 10. The Morgan fingerprint density at radius 2 is 1.52 bits per heavy atom. The van der Waals surface area contributed by atoms with Crippen LogP contribution in [0.3, 0.4) is 0 Å². The molecule has 0 N–H and O–H groups in total. The van der Waals surface area contributed by atoms with E-state index in [0.717, 1.165) is 48.5 Å². The fourth-order valence-corrected chi connectivity index (χ4v) is 7.75. The minimum absolute atomic E-state index is 0.136. The molecule has 0 amide bonds. The van der Waals surface area contributed by atoms with Gasteiger partial charge >= 0.3 is 0 Å². The summed E-state index contributed by atoms with van der Waals surface area (Å²) in [5, 5.41) is 5.22. The Bertz CT molecular complexity index is 2110. The SMILES string of the molecule is CC1=CC=C(C2=CC(c3cc(-c4ccccc4)nc([C@H]4C=CCCC4)n3)CC(c3cc4ccccc4c4ccccc34)=C2)C(C)C1. The molecule has 1 aromatic heterocycles. The van der Waals surface area contributed by atoms with Gasteiger partial charge in [0.05, 0.1) is 11.4 Å². The molecule has 3 aliphatic rings. The molecule has 0 fully saturated rings. The largest absolute Gasteiger partial charge is 0.237 e. The lowest BCUT2D eigenvalue weighted by atomic mass is 9.77. The van der Waals surface area contributed by atoms with Crippen molar-refractivity contribution in [2.75, 3.05) is 0 Å². The fourth-order valence-electron chi connectivity index (χ4n) is 7.75. The fraction of sp³-hybridized carbons (Fsp3) is 0.227. The Balaban J connectivity index is 1.32. The lowest BCUT2D eigenvalue weighted by Crippen LogP contribution is -2.14. The van der Waals surface area contributed by atoms with Gasteiger partial charge in [-0.3, -0.25) is 0 Å². The zero-order valence-corrected chi connectivity index (χ0v) is 26.8. The van der Waals surface area contributed by atoms with E-state index in [1.807, 2.05) is 0 Å². The van der Waals surface area contributed by atoms with Gasteiger partial charge in [-0.25, -0.2) is 9.97 Å². The maximum Gasteiger partial charge on any atom is 0.136 e. The third-order valence-corrected chi connectivity index (χ3v) is 10.1. The highest BCUT2D eigenvalue weighted by Crippen LogP contribution is 2.44. The molecule has 0 saturated carbocycles. The standard InChI is InChI=1S/C44H40N2/c1-29-21-22-37(30(2)23-29)34-24-35(41-27-33-17-9-10-18-38(33)39-19-11-12-20-40(39)41)26-36(25-34)43-28-42(31-13-5-3-6-14-31)45-44(46-43)32-15-7-4-8-16-32/h3,5-7,9-15,17-22,24-25,27-28,30,32,36H,4,8,16,23,26H2,1-2H3/t30?,32-,36?/m0/s1. The number of aromatic nitrogens is 2. The van der Waals surface area contributed by atoms with Crippen LogP contribution >= 0.6 is 0 Å². The minimum Gasteiger partial charge on any atom is -0.237 e. The van der Waals surface area contributed by atoms with Gasteiger partial charge in [0, 0.05) is 17.4 Å². The van der Waals surface area contributed by atoms with E-state index in [4.69, 9.17) is 9.97 Å². The Kier molecular flexibility index (Phi) is 7.58. The zero-order chi connectivity index (χ0) is 31.0. The number of hydrogen-bond donors (Lipinski definition) is 0. The minimum atomic E-state index is 0.136. The number of fused-ring (bicyclic) bond motifs is 3. The van der Waals surface area contributed by atoms with Crippen LogP contribution in [0, 0.1) is 5.92 Å². The number of rotatable bonds is 5. The normalized spacial score (nSPS) is 21.5. The first-order valence-corrected chi connectivity index (χ1v) is 16.9. The van der Waals surface area contributed by atoms with E-state index in [1.165, 1.54) is 55.8 Å². The van der Waals surface area contributed by atoms with Crippen LogP contribution in [0.2, 0.25) is 0 Å². The Morgan fingerprint density at radius 1 is 0.739 bits per heavy atom. The van der Waals surface area contributed by atoms with Gasteiger partial charge in [0.1, 0.15) is 5.82 Å². The van der Waals surface area contributed by atoms with Crippen LogP contribution < -0.4 is 0 Å². The summed E-state index contributed by atoms with van der Waals surface area (Å²) in [4.78, 5) is 10.6. The maximum atomic E-state index is 5.39. The van der Waals surface area contributed by atoms with E-state index >= 15 is 0 Å². The third kappa shape index (κ3) is 5.47. The van der Waals surface area contributed by atoms with E-state index in [9.17, 15) is 0 Å². The summed E-state index contributed by atoms with van der Waals surface area (Å²) >= 11 is 0. The monoisotopic (exact) mass is 596 g/mol. The van der Waals surface area contributed by atoms with Crippen molar-refractivity contribution in [2.45, 2.75) is 57.8 Å². The molecule has 2 nitrogen and oxygen atoms in total. The molecule has 226 valence electrons. The van der Waals surface area contributed by atoms with Crippen molar-refractivity contribution < 1.29 is 0 Å². The van der Waals surface area contributed by atoms with Gasteiger partial charge in [0.15, 0.2) is 0 Å². The van der Waals surface area contributed by atoms with Gasteiger partial charge < -0.3 is 0 Å². The molecule has 0 aliphatic heterocycles. The van der Waals surface area contributed by atoms with E-state index in [2.05, 4.69) is 141 Å². The van der Waals surface area contributed by atoms with Crippen LogP contribution in [-0.4, -0.2) is 9.97 Å². The van der Waals surface area contributed by atoms with Crippen LogP contribution in [0.5, 0.6) is 0 Å². The van der Waals surface area contributed by atoms with Gasteiger partial charge in [-0.15, -0.1) is 0 Å². The second kappa shape index (κ2) is 12.2. The Hall–Kier alpha value is -4.82. The van der Waals surface area contributed by atoms with Gasteiger partial charge in [0.2, 0.25) is 0 Å². The summed E-state index contributed by atoms with van der Waals surface area (Å²) in [5.74, 6) is 1.82. The van der Waals surface area contributed by atoms with E-state index in [-0.39, 0.29) is 11.8 Å². The topological polar surface area (TPSA) is 25.8 Å². The Labute approximate surface area is 272 Å². The summed E-state index contributed by atoms with van der Waals surface area (Å²) in [7, 11) is 0. The van der Waals surface area contributed by atoms with Crippen molar-refractivity contribution in [3.05, 3.63) is 161 Å². The predicted molar refractivity (Wildman–Crippen MR) is 194 cm³/mol. The average Bonchev–Trinajstić information content (AvgIpc) is 3.11. The van der Waals surface area contributed by atoms with Crippen molar-refractivity contribution in [3.8, 4) is 11.3 Å². The molecule has 0 radical (unpaired) electrons.